The molecule has 0 radical (unpaired) electrons. The van der Waals surface area contributed by atoms with Crippen LogP contribution in [0.5, 0.6) is 0 Å². The van der Waals surface area contributed by atoms with Gasteiger partial charge in [0.15, 0.2) is 0 Å². The van der Waals surface area contributed by atoms with Gasteiger partial charge < -0.3 is 15.7 Å². The molecule has 0 aliphatic carbocycles. The first-order valence-electron chi connectivity index (χ1n) is 6.90. The number of rotatable bonds is 6. The van der Waals surface area contributed by atoms with E-state index in [9.17, 15) is 9.59 Å². The molecule has 3 N–H and O–H groups in total. The lowest BCUT2D eigenvalue weighted by Crippen LogP contribution is -2.36. The Hall–Kier alpha value is -1.75. The average molecular weight is 313 g/mol. The highest BCUT2D eigenvalue weighted by Crippen LogP contribution is 2.23. The minimum absolute atomic E-state index is 0.0597. The Bertz CT molecular complexity index is 518. The van der Waals surface area contributed by atoms with Crippen molar-refractivity contribution in [2.75, 3.05) is 5.32 Å². The van der Waals surface area contributed by atoms with Gasteiger partial charge in [0.2, 0.25) is 0 Å². The van der Waals surface area contributed by atoms with Crippen molar-refractivity contribution in [3.8, 4) is 0 Å². The molecule has 6 heteroatoms. The first-order chi connectivity index (χ1) is 9.79. The SMILES string of the molecule is CC(C)CCC(C)NC(=O)Nc1ccc(C(=O)O)cc1Cl. The molecule has 21 heavy (non-hydrogen) atoms. The lowest BCUT2D eigenvalue weighted by atomic mass is 10.0. The van der Waals surface area contributed by atoms with Gasteiger partial charge in [0, 0.05) is 6.04 Å². The number of hydrogen-bond acceptors (Lipinski definition) is 2. The van der Waals surface area contributed by atoms with E-state index in [0.717, 1.165) is 12.8 Å². The Labute approximate surface area is 129 Å². The number of carboxylic acids is 1. The predicted molar refractivity (Wildman–Crippen MR) is 84.1 cm³/mol. The van der Waals surface area contributed by atoms with Crippen LogP contribution in [0.1, 0.15) is 44.0 Å². The number of amides is 2. The number of benzene rings is 1. The number of carbonyl (C=O) groups excluding carboxylic acids is 1. The van der Waals surface area contributed by atoms with Crippen molar-refractivity contribution in [3.05, 3.63) is 28.8 Å². The minimum Gasteiger partial charge on any atom is -0.478 e. The number of urea groups is 1. The number of aromatic carboxylic acids is 1. The monoisotopic (exact) mass is 312 g/mol. The van der Waals surface area contributed by atoms with Crippen molar-refractivity contribution in [1.82, 2.24) is 5.32 Å². The molecule has 0 bridgehead atoms. The molecular weight excluding hydrogens is 292 g/mol. The standard InChI is InChI=1S/C15H21ClN2O3/c1-9(2)4-5-10(3)17-15(21)18-13-7-6-11(14(19)20)8-12(13)16/h6-10H,4-5H2,1-3H3,(H,19,20)(H2,17,18,21). The third-order valence-corrected chi connectivity index (χ3v) is 3.33. The molecule has 5 nitrogen and oxygen atoms in total. The van der Waals surface area contributed by atoms with E-state index in [-0.39, 0.29) is 22.7 Å². The first kappa shape index (κ1) is 17.3. The zero-order chi connectivity index (χ0) is 16.0. The van der Waals surface area contributed by atoms with Gasteiger partial charge in [0.25, 0.3) is 0 Å². The van der Waals surface area contributed by atoms with Crippen molar-refractivity contribution < 1.29 is 14.7 Å². The Kier molecular flexibility index (Phi) is 6.49. The molecule has 0 aliphatic heterocycles. The lowest BCUT2D eigenvalue weighted by molar-refractivity contribution is 0.0697. The first-order valence-corrected chi connectivity index (χ1v) is 7.27. The fourth-order valence-electron chi connectivity index (χ4n) is 1.79. The normalized spacial score (nSPS) is 12.0. The van der Waals surface area contributed by atoms with Gasteiger partial charge >= 0.3 is 12.0 Å². The summed E-state index contributed by atoms with van der Waals surface area (Å²) in [5, 5.41) is 14.5. The molecule has 0 fully saturated rings. The largest absolute Gasteiger partial charge is 0.478 e. The van der Waals surface area contributed by atoms with Crippen molar-refractivity contribution >= 4 is 29.3 Å². The molecule has 1 rings (SSSR count). The van der Waals surface area contributed by atoms with E-state index in [1.807, 2.05) is 6.92 Å². The van der Waals surface area contributed by atoms with Gasteiger partial charge in [-0.05, 0) is 43.9 Å². The van der Waals surface area contributed by atoms with Gasteiger partial charge in [0.05, 0.1) is 16.3 Å². The fourth-order valence-corrected chi connectivity index (χ4v) is 2.01. The van der Waals surface area contributed by atoms with Crippen molar-refractivity contribution in [2.24, 2.45) is 5.92 Å². The molecule has 0 aliphatic rings. The van der Waals surface area contributed by atoms with Gasteiger partial charge in [-0.1, -0.05) is 25.4 Å². The van der Waals surface area contributed by atoms with Crippen LogP contribution >= 0.6 is 11.6 Å². The summed E-state index contributed by atoms with van der Waals surface area (Å²) in [4.78, 5) is 22.6. The van der Waals surface area contributed by atoms with Crippen molar-refractivity contribution in [2.45, 2.75) is 39.7 Å². The molecule has 116 valence electrons. The van der Waals surface area contributed by atoms with E-state index in [1.54, 1.807) is 0 Å². The summed E-state index contributed by atoms with van der Waals surface area (Å²) in [6.07, 6.45) is 1.94. The van der Waals surface area contributed by atoms with Crippen LogP contribution in [0.25, 0.3) is 0 Å². The smallest absolute Gasteiger partial charge is 0.335 e. The summed E-state index contributed by atoms with van der Waals surface area (Å²) in [6.45, 7) is 6.21. The quantitative estimate of drug-likeness (QED) is 0.743. The van der Waals surface area contributed by atoms with Crippen LogP contribution in [0.4, 0.5) is 10.5 Å². The van der Waals surface area contributed by atoms with Gasteiger partial charge in [0.1, 0.15) is 0 Å². The highest BCUT2D eigenvalue weighted by atomic mass is 35.5. The van der Waals surface area contributed by atoms with E-state index < -0.39 is 5.97 Å². The summed E-state index contributed by atoms with van der Waals surface area (Å²) < 4.78 is 0. The third kappa shape index (κ3) is 6.04. The van der Waals surface area contributed by atoms with Crippen LogP contribution in [0, 0.1) is 5.92 Å². The maximum absolute atomic E-state index is 11.8. The maximum Gasteiger partial charge on any atom is 0.335 e. The van der Waals surface area contributed by atoms with Crippen molar-refractivity contribution in [1.29, 1.82) is 0 Å². The second-order valence-corrected chi connectivity index (χ2v) is 5.88. The molecule has 0 saturated carbocycles. The number of anilines is 1. The Morgan fingerprint density at radius 2 is 1.90 bits per heavy atom. The molecule has 0 saturated heterocycles. The van der Waals surface area contributed by atoms with Crippen LogP contribution < -0.4 is 10.6 Å². The maximum atomic E-state index is 11.8. The molecular formula is C15H21ClN2O3. The van der Waals surface area contributed by atoms with E-state index in [0.29, 0.717) is 11.6 Å². The molecule has 1 aromatic carbocycles. The number of nitrogens with one attached hydrogen (secondary N) is 2. The summed E-state index contributed by atoms with van der Waals surface area (Å²) in [7, 11) is 0. The van der Waals surface area contributed by atoms with Gasteiger partial charge in [-0.3, -0.25) is 0 Å². The van der Waals surface area contributed by atoms with Gasteiger partial charge in [-0.2, -0.15) is 0 Å². The van der Waals surface area contributed by atoms with Gasteiger partial charge in [-0.15, -0.1) is 0 Å². The second kappa shape index (κ2) is 7.88. The summed E-state index contributed by atoms with van der Waals surface area (Å²) in [5.41, 5.74) is 0.464. The second-order valence-electron chi connectivity index (χ2n) is 5.47. The molecule has 1 unspecified atom stereocenters. The lowest BCUT2D eigenvalue weighted by Gasteiger charge is -2.16. The fraction of sp³-hybridized carbons (Fsp3) is 0.467. The molecule has 0 aromatic heterocycles. The number of carboxylic acid groups (broad SMARTS) is 1. The minimum atomic E-state index is -1.06. The predicted octanol–water partition coefficient (Wildman–Crippen LogP) is 3.98. The van der Waals surface area contributed by atoms with E-state index >= 15 is 0 Å². The van der Waals surface area contributed by atoms with Crippen LogP contribution in [0.3, 0.4) is 0 Å². The molecule has 0 heterocycles. The highest BCUT2D eigenvalue weighted by molar-refractivity contribution is 6.34. The Morgan fingerprint density at radius 1 is 1.24 bits per heavy atom. The molecule has 2 amide bonds. The van der Waals surface area contributed by atoms with Crippen LogP contribution in [0.15, 0.2) is 18.2 Å². The Balaban J connectivity index is 2.57. The molecule has 1 atom stereocenters. The van der Waals surface area contributed by atoms with Crippen LogP contribution in [-0.4, -0.2) is 23.1 Å². The summed E-state index contributed by atoms with van der Waals surface area (Å²) >= 11 is 5.95. The van der Waals surface area contributed by atoms with Crippen LogP contribution in [-0.2, 0) is 0 Å². The van der Waals surface area contributed by atoms with Crippen molar-refractivity contribution in [3.63, 3.8) is 0 Å². The topological polar surface area (TPSA) is 78.4 Å². The highest BCUT2D eigenvalue weighted by Gasteiger charge is 2.11. The van der Waals surface area contributed by atoms with E-state index in [4.69, 9.17) is 16.7 Å². The number of hydrogen-bond donors (Lipinski definition) is 3. The zero-order valence-electron chi connectivity index (χ0n) is 12.4. The summed E-state index contributed by atoms with van der Waals surface area (Å²) in [5.74, 6) is -0.467. The van der Waals surface area contributed by atoms with Crippen LogP contribution in [0.2, 0.25) is 5.02 Å². The number of carbonyl (C=O) groups is 2. The summed E-state index contributed by atoms with van der Waals surface area (Å²) in [6, 6.07) is 3.89. The van der Waals surface area contributed by atoms with E-state index in [2.05, 4.69) is 24.5 Å². The van der Waals surface area contributed by atoms with Gasteiger partial charge in [-0.25, -0.2) is 9.59 Å². The molecule has 1 aromatic rings. The number of halogens is 1. The third-order valence-electron chi connectivity index (χ3n) is 3.02. The average Bonchev–Trinajstić information content (AvgIpc) is 2.38. The Morgan fingerprint density at radius 3 is 2.43 bits per heavy atom. The zero-order valence-corrected chi connectivity index (χ0v) is 13.2. The molecule has 0 spiro atoms. The van der Waals surface area contributed by atoms with E-state index in [1.165, 1.54) is 18.2 Å².